The van der Waals surface area contributed by atoms with Gasteiger partial charge in [-0.2, -0.15) is 16.8 Å². The van der Waals surface area contributed by atoms with Crippen LogP contribution in [0.4, 0.5) is 0 Å². The van der Waals surface area contributed by atoms with Gasteiger partial charge < -0.3 is 0 Å². The molecule has 30 heavy (non-hydrogen) atoms. The zero-order valence-electron chi connectivity index (χ0n) is 17.2. The average Bonchev–Trinajstić information content (AvgIpc) is 2.64. The molecular weight excluding hydrogens is 424 g/mol. The van der Waals surface area contributed by atoms with Crippen LogP contribution in [0.3, 0.4) is 0 Å². The molecule has 1 aliphatic carbocycles. The van der Waals surface area contributed by atoms with Gasteiger partial charge >= 0.3 is 0 Å². The van der Waals surface area contributed by atoms with Crippen LogP contribution in [0.2, 0.25) is 0 Å². The molecule has 1 fully saturated rings. The van der Waals surface area contributed by atoms with Crippen molar-refractivity contribution < 1.29 is 25.9 Å². The number of hydrogen-bond donors (Lipinski definition) is 2. The van der Waals surface area contributed by atoms with Gasteiger partial charge in [-0.1, -0.05) is 78.9 Å². The standard InChI is InChI=1S/C22H28O6S2/c1-16-6-10-18(11-7-16)20(29(23,24)25)22(14-4-3-5-15-22)21(30(26,27)28)19-12-8-17(2)9-13-19/h6-13,20-21H,3-5,14-15H2,1-2H3,(H,23,24,25)(H,26,27,28). The van der Waals surface area contributed by atoms with Crippen molar-refractivity contribution in [1.82, 2.24) is 0 Å². The maximum absolute atomic E-state index is 12.7. The quantitative estimate of drug-likeness (QED) is 0.609. The molecule has 0 radical (unpaired) electrons. The zero-order chi connectivity index (χ0) is 22.2. The molecule has 164 valence electrons. The molecule has 1 saturated carbocycles. The maximum atomic E-state index is 12.7. The van der Waals surface area contributed by atoms with Crippen molar-refractivity contribution in [2.45, 2.75) is 56.5 Å². The van der Waals surface area contributed by atoms with Crippen molar-refractivity contribution in [3.05, 3.63) is 70.8 Å². The number of aryl methyl sites for hydroxylation is 2. The minimum absolute atomic E-state index is 0.254. The maximum Gasteiger partial charge on any atom is 0.272 e. The summed E-state index contributed by atoms with van der Waals surface area (Å²) in [4.78, 5) is 0. The predicted octanol–water partition coefficient (Wildman–Crippen LogP) is 4.81. The Morgan fingerprint density at radius 2 is 1.00 bits per heavy atom. The fourth-order valence-electron chi connectivity index (χ4n) is 4.96. The molecule has 2 atom stereocenters. The van der Waals surface area contributed by atoms with Crippen LogP contribution in [-0.4, -0.2) is 25.9 Å². The Morgan fingerprint density at radius 1 is 0.667 bits per heavy atom. The van der Waals surface area contributed by atoms with Gasteiger partial charge in [-0.3, -0.25) is 9.11 Å². The van der Waals surface area contributed by atoms with Gasteiger partial charge in [-0.25, -0.2) is 0 Å². The Kier molecular flexibility index (Phi) is 6.43. The lowest BCUT2D eigenvalue weighted by molar-refractivity contribution is 0.157. The van der Waals surface area contributed by atoms with Crippen molar-refractivity contribution in [2.75, 3.05) is 0 Å². The first kappa shape index (κ1) is 22.9. The molecule has 8 heteroatoms. The van der Waals surface area contributed by atoms with Crippen LogP contribution in [0.25, 0.3) is 0 Å². The lowest BCUT2D eigenvalue weighted by atomic mass is 9.66. The molecule has 0 heterocycles. The van der Waals surface area contributed by atoms with Crippen LogP contribution in [-0.2, 0) is 20.2 Å². The van der Waals surface area contributed by atoms with Crippen LogP contribution < -0.4 is 0 Å². The van der Waals surface area contributed by atoms with E-state index in [2.05, 4.69) is 0 Å². The highest BCUT2D eigenvalue weighted by Gasteiger charge is 2.56. The second-order valence-electron chi connectivity index (χ2n) is 8.41. The summed E-state index contributed by atoms with van der Waals surface area (Å²) in [7, 11) is -9.37. The van der Waals surface area contributed by atoms with E-state index < -0.39 is 36.2 Å². The number of hydrogen-bond acceptors (Lipinski definition) is 4. The zero-order valence-corrected chi connectivity index (χ0v) is 18.8. The molecule has 6 nitrogen and oxygen atoms in total. The van der Waals surface area contributed by atoms with Gasteiger partial charge in [0.05, 0.1) is 0 Å². The molecule has 0 saturated heterocycles. The summed E-state index contributed by atoms with van der Waals surface area (Å²) in [6, 6.07) is 13.4. The molecule has 0 spiro atoms. The summed E-state index contributed by atoms with van der Waals surface area (Å²) >= 11 is 0. The van der Waals surface area contributed by atoms with Crippen molar-refractivity contribution in [3.8, 4) is 0 Å². The predicted molar refractivity (Wildman–Crippen MR) is 116 cm³/mol. The fourth-order valence-corrected chi connectivity index (χ4v) is 7.97. The minimum Gasteiger partial charge on any atom is -0.285 e. The molecule has 2 aromatic carbocycles. The molecule has 2 aromatic rings. The van der Waals surface area contributed by atoms with Crippen molar-refractivity contribution in [1.29, 1.82) is 0 Å². The van der Waals surface area contributed by atoms with Crippen LogP contribution in [0.15, 0.2) is 48.5 Å². The van der Waals surface area contributed by atoms with Crippen LogP contribution >= 0.6 is 0 Å². The average molecular weight is 453 g/mol. The van der Waals surface area contributed by atoms with Gasteiger partial charge in [0.15, 0.2) is 0 Å². The highest BCUT2D eigenvalue weighted by atomic mass is 32.2. The first-order chi connectivity index (χ1) is 13.9. The largest absolute Gasteiger partial charge is 0.285 e. The molecule has 2 unspecified atom stereocenters. The lowest BCUT2D eigenvalue weighted by Gasteiger charge is -2.46. The SMILES string of the molecule is Cc1ccc(C(C2(C(c3ccc(C)cc3)S(=O)(=O)O)CCCCC2)S(=O)(=O)O)cc1. The van der Waals surface area contributed by atoms with Crippen LogP contribution in [0.1, 0.15) is 64.9 Å². The Labute approximate surface area is 178 Å². The Morgan fingerprint density at radius 3 is 1.30 bits per heavy atom. The summed E-state index contributed by atoms with van der Waals surface area (Å²) in [5, 5.41) is -2.95. The first-order valence-corrected chi connectivity index (χ1v) is 13.0. The molecule has 0 bridgehead atoms. The van der Waals surface area contributed by atoms with E-state index in [1.807, 2.05) is 13.8 Å². The second-order valence-corrected chi connectivity index (χ2v) is 11.4. The summed E-state index contributed by atoms with van der Waals surface area (Å²) < 4.78 is 71.5. The van der Waals surface area contributed by atoms with Crippen molar-refractivity contribution in [3.63, 3.8) is 0 Å². The van der Waals surface area contributed by atoms with Crippen molar-refractivity contribution in [2.24, 2.45) is 5.41 Å². The van der Waals surface area contributed by atoms with Gasteiger partial charge in [0.1, 0.15) is 10.5 Å². The monoisotopic (exact) mass is 452 g/mol. The Bertz CT molecular complexity index is 998. The van der Waals surface area contributed by atoms with E-state index in [1.165, 1.54) is 0 Å². The number of benzene rings is 2. The molecule has 0 amide bonds. The third-order valence-corrected chi connectivity index (χ3v) is 8.86. The van der Waals surface area contributed by atoms with E-state index in [1.54, 1.807) is 48.5 Å². The van der Waals surface area contributed by atoms with E-state index in [9.17, 15) is 25.9 Å². The normalized spacial score (nSPS) is 19.2. The third-order valence-electron chi connectivity index (χ3n) is 6.18. The highest BCUT2D eigenvalue weighted by Crippen LogP contribution is 2.59. The van der Waals surface area contributed by atoms with Crippen LogP contribution in [0, 0.1) is 19.3 Å². The second kappa shape index (κ2) is 8.42. The summed E-state index contributed by atoms with van der Waals surface area (Å²) in [5.41, 5.74) is 1.08. The van der Waals surface area contributed by atoms with Crippen LogP contribution in [0.5, 0.6) is 0 Å². The van der Waals surface area contributed by atoms with E-state index in [-0.39, 0.29) is 12.8 Å². The van der Waals surface area contributed by atoms with E-state index in [0.717, 1.165) is 17.5 Å². The Balaban J connectivity index is 2.32. The molecule has 3 rings (SSSR count). The van der Waals surface area contributed by atoms with Gasteiger partial charge in [0, 0.05) is 5.41 Å². The number of rotatable bonds is 6. The molecular formula is C22H28O6S2. The van der Waals surface area contributed by atoms with E-state index in [0.29, 0.717) is 24.0 Å². The molecule has 2 N–H and O–H groups in total. The third kappa shape index (κ3) is 4.61. The van der Waals surface area contributed by atoms with Gasteiger partial charge in [-0.05, 0) is 37.8 Å². The highest BCUT2D eigenvalue weighted by molar-refractivity contribution is 7.87. The smallest absolute Gasteiger partial charge is 0.272 e. The topological polar surface area (TPSA) is 109 Å². The van der Waals surface area contributed by atoms with E-state index in [4.69, 9.17) is 0 Å². The summed E-state index contributed by atoms with van der Waals surface area (Å²) in [5.74, 6) is 0. The van der Waals surface area contributed by atoms with Gasteiger partial charge in [0.25, 0.3) is 20.2 Å². The van der Waals surface area contributed by atoms with Gasteiger partial charge in [-0.15, -0.1) is 0 Å². The van der Waals surface area contributed by atoms with E-state index >= 15 is 0 Å². The lowest BCUT2D eigenvalue weighted by Crippen LogP contribution is -2.43. The summed E-state index contributed by atoms with van der Waals surface area (Å²) in [6.45, 7) is 3.71. The fraction of sp³-hybridized carbons (Fsp3) is 0.455. The molecule has 0 aliphatic heterocycles. The first-order valence-electron chi connectivity index (χ1n) is 10.0. The molecule has 1 aliphatic rings. The summed E-state index contributed by atoms with van der Waals surface area (Å²) in [6.07, 6.45) is 2.55. The van der Waals surface area contributed by atoms with Crippen molar-refractivity contribution >= 4 is 20.2 Å². The molecule has 0 aromatic heterocycles. The minimum atomic E-state index is -4.69. The Hall–Kier alpha value is -1.74. The van der Waals surface area contributed by atoms with Gasteiger partial charge in [0.2, 0.25) is 0 Å².